The Morgan fingerprint density at radius 1 is 1.26 bits per heavy atom. The molecule has 6 heteroatoms. The maximum atomic E-state index is 11.7. The van der Waals surface area contributed by atoms with Gasteiger partial charge in [-0.1, -0.05) is 6.42 Å². The van der Waals surface area contributed by atoms with Crippen LogP contribution in [0.5, 0.6) is 0 Å². The maximum absolute atomic E-state index is 11.7. The third kappa shape index (κ3) is 5.10. The maximum Gasteiger partial charge on any atom is 0.220 e. The lowest BCUT2D eigenvalue weighted by Crippen LogP contribution is -2.36. The van der Waals surface area contributed by atoms with E-state index < -0.39 is 9.84 Å². The zero-order chi connectivity index (χ0) is 13.7. The van der Waals surface area contributed by atoms with Gasteiger partial charge in [0.25, 0.3) is 0 Å². The van der Waals surface area contributed by atoms with E-state index in [2.05, 4.69) is 10.6 Å². The van der Waals surface area contributed by atoms with Gasteiger partial charge < -0.3 is 10.6 Å². The molecule has 0 aromatic carbocycles. The second-order valence-corrected chi connectivity index (χ2v) is 7.99. The fourth-order valence-electron chi connectivity index (χ4n) is 2.86. The molecule has 19 heavy (non-hydrogen) atoms. The van der Waals surface area contributed by atoms with Crippen LogP contribution < -0.4 is 10.6 Å². The van der Waals surface area contributed by atoms with Crippen molar-refractivity contribution in [2.75, 3.05) is 24.6 Å². The van der Waals surface area contributed by atoms with E-state index in [1.54, 1.807) is 0 Å². The van der Waals surface area contributed by atoms with E-state index in [4.69, 9.17) is 0 Å². The molecule has 2 heterocycles. The average molecular weight is 288 g/mol. The third-order valence-electron chi connectivity index (χ3n) is 4.05. The first-order valence-electron chi connectivity index (χ1n) is 7.26. The second-order valence-electron chi connectivity index (χ2n) is 5.76. The van der Waals surface area contributed by atoms with Gasteiger partial charge in [-0.05, 0) is 38.1 Å². The molecule has 2 atom stereocenters. The minimum Gasteiger partial charge on any atom is -0.356 e. The van der Waals surface area contributed by atoms with Crippen LogP contribution in [0.2, 0.25) is 0 Å². The van der Waals surface area contributed by atoms with Crippen LogP contribution in [0.15, 0.2) is 0 Å². The lowest BCUT2D eigenvalue weighted by Gasteiger charge is -2.23. The minimum absolute atomic E-state index is 0.0525. The van der Waals surface area contributed by atoms with Gasteiger partial charge in [0.05, 0.1) is 11.5 Å². The molecular formula is C13H24N2O3S. The molecule has 0 bridgehead atoms. The van der Waals surface area contributed by atoms with Crippen LogP contribution in [0.1, 0.15) is 38.5 Å². The van der Waals surface area contributed by atoms with Gasteiger partial charge in [-0.25, -0.2) is 8.42 Å². The summed E-state index contributed by atoms with van der Waals surface area (Å²) >= 11 is 0. The zero-order valence-corrected chi connectivity index (χ0v) is 12.2. The number of amides is 1. The highest BCUT2D eigenvalue weighted by atomic mass is 32.2. The van der Waals surface area contributed by atoms with E-state index in [-0.39, 0.29) is 23.3 Å². The number of sulfone groups is 1. The molecule has 110 valence electrons. The molecule has 2 saturated heterocycles. The number of hydrogen-bond donors (Lipinski definition) is 2. The lowest BCUT2D eigenvalue weighted by atomic mass is 10.0. The van der Waals surface area contributed by atoms with Gasteiger partial charge >= 0.3 is 0 Å². The lowest BCUT2D eigenvalue weighted by molar-refractivity contribution is -0.121. The van der Waals surface area contributed by atoms with Crippen LogP contribution in [0.4, 0.5) is 0 Å². The fraction of sp³-hybridized carbons (Fsp3) is 0.923. The molecule has 0 aromatic heterocycles. The van der Waals surface area contributed by atoms with Crippen molar-refractivity contribution >= 4 is 15.7 Å². The molecule has 2 rings (SSSR count). The zero-order valence-electron chi connectivity index (χ0n) is 11.4. The first-order chi connectivity index (χ1) is 9.05. The van der Waals surface area contributed by atoms with Crippen molar-refractivity contribution in [2.45, 2.75) is 44.6 Å². The van der Waals surface area contributed by atoms with Gasteiger partial charge in [0.15, 0.2) is 9.84 Å². The number of carbonyl (C=O) groups is 1. The Morgan fingerprint density at radius 3 is 2.74 bits per heavy atom. The molecule has 0 saturated carbocycles. The fourth-order valence-corrected chi connectivity index (χ4v) is 4.72. The first kappa shape index (κ1) is 14.8. The summed E-state index contributed by atoms with van der Waals surface area (Å²) in [6.07, 6.45) is 5.75. The number of piperidine rings is 1. The Kier molecular flexibility index (Phi) is 5.21. The predicted octanol–water partition coefficient (Wildman–Crippen LogP) is 0.460. The third-order valence-corrected chi connectivity index (χ3v) is 5.88. The van der Waals surface area contributed by atoms with Gasteiger partial charge in [0.1, 0.15) is 0 Å². The summed E-state index contributed by atoms with van der Waals surface area (Å²) in [5.41, 5.74) is 0. The monoisotopic (exact) mass is 288 g/mol. The Labute approximate surface area is 115 Å². The van der Waals surface area contributed by atoms with E-state index in [1.807, 2.05) is 0 Å². The van der Waals surface area contributed by atoms with Crippen LogP contribution in [-0.2, 0) is 14.6 Å². The molecule has 1 amide bonds. The van der Waals surface area contributed by atoms with Gasteiger partial charge in [0.2, 0.25) is 5.91 Å². The molecule has 2 aliphatic heterocycles. The average Bonchev–Trinajstić information content (AvgIpc) is 2.75. The number of rotatable bonds is 5. The highest BCUT2D eigenvalue weighted by Gasteiger charge is 2.27. The van der Waals surface area contributed by atoms with Crippen molar-refractivity contribution in [2.24, 2.45) is 5.92 Å². The largest absolute Gasteiger partial charge is 0.356 e. The molecule has 2 unspecified atom stereocenters. The smallest absolute Gasteiger partial charge is 0.220 e. The van der Waals surface area contributed by atoms with Crippen LogP contribution in [0.3, 0.4) is 0 Å². The molecule has 0 aliphatic carbocycles. The van der Waals surface area contributed by atoms with E-state index >= 15 is 0 Å². The molecule has 5 nitrogen and oxygen atoms in total. The first-order valence-corrected chi connectivity index (χ1v) is 9.08. The van der Waals surface area contributed by atoms with E-state index in [0.29, 0.717) is 25.4 Å². The number of carbonyl (C=O) groups excluding carboxylic acids is 1. The van der Waals surface area contributed by atoms with Crippen LogP contribution in [0.25, 0.3) is 0 Å². The normalized spacial score (nSPS) is 30.1. The van der Waals surface area contributed by atoms with E-state index in [0.717, 1.165) is 19.4 Å². The van der Waals surface area contributed by atoms with Crippen molar-refractivity contribution in [3.05, 3.63) is 0 Å². The topological polar surface area (TPSA) is 75.3 Å². The number of nitrogens with one attached hydrogen (secondary N) is 2. The molecule has 0 aromatic rings. The van der Waals surface area contributed by atoms with Crippen LogP contribution in [-0.4, -0.2) is 45.0 Å². The Balaban J connectivity index is 1.59. The summed E-state index contributed by atoms with van der Waals surface area (Å²) in [4.78, 5) is 11.7. The highest BCUT2D eigenvalue weighted by molar-refractivity contribution is 7.91. The summed E-state index contributed by atoms with van der Waals surface area (Å²) in [5.74, 6) is 0.676. The van der Waals surface area contributed by atoms with E-state index in [9.17, 15) is 13.2 Å². The van der Waals surface area contributed by atoms with Crippen molar-refractivity contribution in [3.8, 4) is 0 Å². The van der Waals surface area contributed by atoms with Crippen molar-refractivity contribution < 1.29 is 13.2 Å². The van der Waals surface area contributed by atoms with Crippen molar-refractivity contribution in [1.82, 2.24) is 10.6 Å². The van der Waals surface area contributed by atoms with E-state index in [1.165, 1.54) is 12.8 Å². The second kappa shape index (κ2) is 6.70. The van der Waals surface area contributed by atoms with Crippen LogP contribution >= 0.6 is 0 Å². The molecule has 0 radical (unpaired) electrons. The van der Waals surface area contributed by atoms with Gasteiger partial charge in [-0.2, -0.15) is 0 Å². The molecule has 0 spiro atoms. The Bertz CT molecular complexity index is 402. The van der Waals surface area contributed by atoms with Crippen LogP contribution in [0, 0.1) is 5.92 Å². The minimum atomic E-state index is -2.83. The van der Waals surface area contributed by atoms with Gasteiger partial charge in [0, 0.05) is 19.0 Å². The van der Waals surface area contributed by atoms with Gasteiger partial charge in [-0.3, -0.25) is 4.79 Å². The standard InChI is InChI=1S/C13H24N2O3S/c16-13(5-4-12-3-1-2-7-14-12)15-9-11-6-8-19(17,18)10-11/h11-12,14H,1-10H2,(H,15,16). The molecule has 2 aliphatic rings. The Hall–Kier alpha value is -0.620. The summed E-state index contributed by atoms with van der Waals surface area (Å²) in [6.45, 7) is 1.57. The molecule has 2 N–H and O–H groups in total. The quantitative estimate of drug-likeness (QED) is 0.770. The summed E-state index contributed by atoms with van der Waals surface area (Å²) in [6, 6.07) is 0.478. The predicted molar refractivity (Wildman–Crippen MR) is 74.6 cm³/mol. The molecular weight excluding hydrogens is 264 g/mol. The van der Waals surface area contributed by atoms with Gasteiger partial charge in [-0.15, -0.1) is 0 Å². The number of hydrogen-bond acceptors (Lipinski definition) is 4. The summed E-state index contributed by atoms with van der Waals surface area (Å²) in [7, 11) is -2.83. The summed E-state index contributed by atoms with van der Waals surface area (Å²) in [5, 5.41) is 6.29. The van der Waals surface area contributed by atoms with Crippen molar-refractivity contribution in [1.29, 1.82) is 0 Å². The summed E-state index contributed by atoms with van der Waals surface area (Å²) < 4.78 is 22.6. The Morgan fingerprint density at radius 2 is 2.11 bits per heavy atom. The SMILES string of the molecule is O=C(CCC1CCCCN1)NCC1CCS(=O)(=O)C1. The highest BCUT2D eigenvalue weighted by Crippen LogP contribution is 2.17. The van der Waals surface area contributed by atoms with Crippen molar-refractivity contribution in [3.63, 3.8) is 0 Å². The molecule has 2 fully saturated rings.